The van der Waals surface area contributed by atoms with Crippen molar-refractivity contribution in [1.29, 1.82) is 0 Å². The van der Waals surface area contributed by atoms with Crippen LogP contribution in [0.3, 0.4) is 0 Å². The Morgan fingerprint density at radius 2 is 1.70 bits per heavy atom. The minimum Gasteiger partial charge on any atom is -0.497 e. The Labute approximate surface area is 162 Å². The summed E-state index contributed by atoms with van der Waals surface area (Å²) in [5, 5.41) is 0.642. The number of benzene rings is 3. The number of ether oxygens (including phenoxy) is 1. The predicted octanol–water partition coefficient (Wildman–Crippen LogP) is 5.30. The molecule has 0 aliphatic rings. The molecule has 0 fully saturated rings. The van der Waals surface area contributed by atoms with Crippen molar-refractivity contribution in [3.8, 4) is 17.1 Å². The lowest BCUT2D eigenvalue weighted by atomic mass is 10.2. The summed E-state index contributed by atoms with van der Waals surface area (Å²) in [4.78, 5) is 10.9. The molecule has 1 aromatic heterocycles. The molecule has 0 atom stereocenters. The second kappa shape index (κ2) is 7.33. The van der Waals surface area contributed by atoms with Crippen molar-refractivity contribution in [3.05, 3.63) is 82.9 Å². The molecule has 136 valence electrons. The third-order valence-corrected chi connectivity index (χ3v) is 4.64. The number of imidazole rings is 1. The van der Waals surface area contributed by atoms with E-state index in [0.29, 0.717) is 11.6 Å². The van der Waals surface area contributed by atoms with Gasteiger partial charge in [-0.25, -0.2) is 4.98 Å². The zero-order chi connectivity index (χ0) is 18.8. The normalized spacial score (nSPS) is 10.9. The van der Waals surface area contributed by atoms with Crippen LogP contribution in [0.1, 0.15) is 11.1 Å². The molecule has 0 saturated carbocycles. The Kier molecular flexibility index (Phi) is 4.73. The van der Waals surface area contributed by atoms with Crippen LogP contribution in [0.5, 0.6) is 5.75 Å². The van der Waals surface area contributed by atoms with Crippen molar-refractivity contribution in [1.82, 2.24) is 9.71 Å². The Hall–Kier alpha value is -2.98. The van der Waals surface area contributed by atoms with Crippen LogP contribution in [0, 0.1) is 6.92 Å². The van der Waals surface area contributed by atoms with E-state index >= 15 is 0 Å². The molecular weight excluding hydrogens is 360 g/mol. The molecule has 4 rings (SSSR count). The second-order valence-corrected chi connectivity index (χ2v) is 6.79. The first kappa shape index (κ1) is 17.4. The Bertz CT molecular complexity index is 1070. The van der Waals surface area contributed by atoms with Crippen molar-refractivity contribution in [2.45, 2.75) is 13.5 Å². The number of fused-ring (bicyclic) bond motifs is 1. The van der Waals surface area contributed by atoms with Gasteiger partial charge in [0.25, 0.3) is 0 Å². The summed E-state index contributed by atoms with van der Waals surface area (Å²) >= 11 is 6.21. The lowest BCUT2D eigenvalue weighted by Gasteiger charge is -2.12. The van der Waals surface area contributed by atoms with Crippen LogP contribution >= 0.6 is 11.6 Å². The van der Waals surface area contributed by atoms with Crippen LogP contribution in [0.4, 0.5) is 0 Å². The van der Waals surface area contributed by atoms with Gasteiger partial charge in [0, 0.05) is 10.6 Å². The summed E-state index contributed by atoms with van der Waals surface area (Å²) in [6.45, 7) is 2.50. The highest BCUT2D eigenvalue weighted by Crippen LogP contribution is 2.27. The highest BCUT2D eigenvalue weighted by atomic mass is 35.5. The van der Waals surface area contributed by atoms with Crippen LogP contribution in [0.15, 0.2) is 66.7 Å². The number of rotatable bonds is 5. The second-order valence-electron chi connectivity index (χ2n) is 6.35. The van der Waals surface area contributed by atoms with Gasteiger partial charge >= 0.3 is 0 Å². The van der Waals surface area contributed by atoms with Crippen molar-refractivity contribution in [3.63, 3.8) is 0 Å². The van der Waals surface area contributed by atoms with Crippen molar-refractivity contribution >= 4 is 22.6 Å². The minimum atomic E-state index is 0.432. The summed E-state index contributed by atoms with van der Waals surface area (Å²) in [6, 6.07) is 21.6. The lowest BCUT2D eigenvalue weighted by Crippen LogP contribution is -2.12. The Morgan fingerprint density at radius 3 is 2.41 bits per heavy atom. The van der Waals surface area contributed by atoms with E-state index in [1.807, 2.05) is 42.5 Å². The largest absolute Gasteiger partial charge is 0.497 e. The first-order valence-corrected chi connectivity index (χ1v) is 9.03. The fourth-order valence-corrected chi connectivity index (χ4v) is 3.07. The molecule has 0 aliphatic heterocycles. The van der Waals surface area contributed by atoms with E-state index in [4.69, 9.17) is 26.2 Å². The number of halogens is 1. The zero-order valence-electron chi connectivity index (χ0n) is 15.1. The molecule has 5 heteroatoms. The molecule has 27 heavy (non-hydrogen) atoms. The maximum Gasteiger partial charge on any atom is 0.176 e. The fraction of sp³-hybridized carbons (Fsp3) is 0.136. The van der Waals surface area contributed by atoms with Crippen molar-refractivity contribution in [2.24, 2.45) is 0 Å². The average molecular weight is 379 g/mol. The molecule has 3 aromatic carbocycles. The summed E-state index contributed by atoms with van der Waals surface area (Å²) in [7, 11) is 1.65. The number of hydrogen-bond donors (Lipinski definition) is 0. The fourth-order valence-electron chi connectivity index (χ4n) is 2.90. The third-order valence-electron chi connectivity index (χ3n) is 4.40. The van der Waals surface area contributed by atoms with Gasteiger partial charge in [-0.3, -0.25) is 0 Å². The van der Waals surface area contributed by atoms with Crippen LogP contribution < -0.4 is 9.57 Å². The molecule has 0 radical (unpaired) electrons. The molecular formula is C22H19ClN2O2. The molecule has 0 amide bonds. The van der Waals surface area contributed by atoms with Gasteiger partial charge in [-0.05, 0) is 55.0 Å². The highest BCUT2D eigenvalue weighted by molar-refractivity contribution is 6.31. The standard InChI is InChI=1S/C22H19ClN2O2/c1-15-3-5-16(6-4-15)14-27-25-21-13-18(23)9-12-20(21)24-22(25)17-7-10-19(26-2)11-8-17/h3-13H,14H2,1-2H3. The maximum atomic E-state index is 6.21. The van der Waals surface area contributed by atoms with Gasteiger partial charge in [0.05, 0.1) is 12.6 Å². The van der Waals surface area contributed by atoms with Crippen LogP contribution in [0.2, 0.25) is 5.02 Å². The van der Waals surface area contributed by atoms with Crippen molar-refractivity contribution in [2.75, 3.05) is 7.11 Å². The van der Waals surface area contributed by atoms with Gasteiger partial charge in [-0.2, -0.15) is 4.73 Å². The van der Waals surface area contributed by atoms with Gasteiger partial charge in [-0.15, -0.1) is 0 Å². The van der Waals surface area contributed by atoms with E-state index < -0.39 is 0 Å². The summed E-state index contributed by atoms with van der Waals surface area (Å²) < 4.78 is 7.00. The molecule has 0 unspecified atom stereocenters. The summed E-state index contributed by atoms with van der Waals surface area (Å²) in [5.74, 6) is 1.52. The number of hydrogen-bond acceptors (Lipinski definition) is 3. The Morgan fingerprint density at radius 1 is 0.963 bits per heavy atom. The molecule has 4 nitrogen and oxygen atoms in total. The molecule has 0 saturated heterocycles. The van der Waals surface area contributed by atoms with Crippen LogP contribution in [-0.2, 0) is 6.61 Å². The van der Waals surface area contributed by atoms with E-state index in [1.165, 1.54) is 5.56 Å². The SMILES string of the molecule is COc1ccc(-c2nc3ccc(Cl)cc3n2OCc2ccc(C)cc2)cc1. The molecule has 0 aliphatic carbocycles. The zero-order valence-corrected chi connectivity index (χ0v) is 15.9. The van der Waals surface area contributed by atoms with Gasteiger partial charge in [0.15, 0.2) is 5.82 Å². The first-order chi connectivity index (χ1) is 13.1. The van der Waals surface area contributed by atoms with E-state index in [0.717, 1.165) is 33.7 Å². The average Bonchev–Trinajstić information content (AvgIpc) is 3.05. The lowest BCUT2D eigenvalue weighted by molar-refractivity contribution is 0.110. The molecule has 1 heterocycles. The van der Waals surface area contributed by atoms with E-state index in [-0.39, 0.29) is 0 Å². The number of methoxy groups -OCH3 is 1. The Balaban J connectivity index is 1.75. The summed E-state index contributed by atoms with van der Waals surface area (Å²) in [6.07, 6.45) is 0. The van der Waals surface area contributed by atoms with E-state index in [2.05, 4.69) is 31.2 Å². The van der Waals surface area contributed by atoms with Gasteiger partial charge in [0.1, 0.15) is 17.9 Å². The predicted molar refractivity (Wildman–Crippen MR) is 108 cm³/mol. The monoisotopic (exact) mass is 378 g/mol. The third kappa shape index (κ3) is 3.62. The van der Waals surface area contributed by atoms with Gasteiger partial charge in [0.2, 0.25) is 0 Å². The highest BCUT2D eigenvalue weighted by Gasteiger charge is 2.15. The van der Waals surface area contributed by atoms with Gasteiger partial charge < -0.3 is 9.57 Å². The number of aromatic nitrogens is 2. The van der Waals surface area contributed by atoms with Crippen LogP contribution in [-0.4, -0.2) is 16.8 Å². The molecule has 4 aromatic rings. The van der Waals surface area contributed by atoms with Crippen LogP contribution in [0.25, 0.3) is 22.4 Å². The topological polar surface area (TPSA) is 36.3 Å². The summed E-state index contributed by atoms with van der Waals surface area (Å²) in [5.41, 5.74) is 4.91. The first-order valence-electron chi connectivity index (χ1n) is 8.65. The van der Waals surface area contributed by atoms with Crippen molar-refractivity contribution < 1.29 is 9.57 Å². The van der Waals surface area contributed by atoms with E-state index in [9.17, 15) is 0 Å². The quantitative estimate of drug-likeness (QED) is 0.472. The molecule has 0 bridgehead atoms. The smallest absolute Gasteiger partial charge is 0.176 e. The number of nitrogens with zero attached hydrogens (tertiary/aromatic N) is 2. The van der Waals surface area contributed by atoms with Gasteiger partial charge in [-0.1, -0.05) is 41.4 Å². The molecule has 0 spiro atoms. The number of aryl methyl sites for hydroxylation is 1. The maximum absolute atomic E-state index is 6.21. The molecule has 0 N–H and O–H groups in total. The van der Waals surface area contributed by atoms with E-state index in [1.54, 1.807) is 11.8 Å². The minimum absolute atomic E-state index is 0.432.